The summed E-state index contributed by atoms with van der Waals surface area (Å²) in [4.78, 5) is 16.1. The highest BCUT2D eigenvalue weighted by molar-refractivity contribution is 5.94. The van der Waals surface area contributed by atoms with Crippen LogP contribution in [0.15, 0.2) is 43.0 Å². The highest BCUT2D eigenvalue weighted by atomic mass is 16.1. The molecular weight excluding hydrogens is 264 g/mol. The van der Waals surface area contributed by atoms with Crippen molar-refractivity contribution in [3.8, 4) is 5.69 Å². The zero-order chi connectivity index (χ0) is 14.5. The maximum absolute atomic E-state index is 12.1. The number of imidazole rings is 1. The summed E-state index contributed by atoms with van der Waals surface area (Å²) in [5.74, 6) is 0.547. The summed E-state index contributed by atoms with van der Waals surface area (Å²) in [6, 6.07) is 7.56. The third-order valence-electron chi connectivity index (χ3n) is 3.88. The average molecular weight is 284 g/mol. The standard InChI is InChI=1S/C16H20N4O/c21-16(19-11-13-2-1-7-17-10-13)14-3-5-15(6-4-14)20-9-8-18-12-20/h3-6,8-9,12-13,17H,1-2,7,10-11H2,(H,19,21). The molecule has 0 saturated carbocycles. The summed E-state index contributed by atoms with van der Waals surface area (Å²) in [6.07, 6.45) is 7.74. The number of piperidine rings is 1. The second-order valence-electron chi connectivity index (χ2n) is 5.44. The van der Waals surface area contributed by atoms with Crippen LogP contribution in [0, 0.1) is 5.92 Å². The van der Waals surface area contributed by atoms with Gasteiger partial charge in [0.25, 0.3) is 5.91 Å². The molecular formula is C16H20N4O. The molecule has 2 heterocycles. The van der Waals surface area contributed by atoms with E-state index in [0.29, 0.717) is 11.5 Å². The van der Waals surface area contributed by atoms with Crippen molar-refractivity contribution in [1.29, 1.82) is 0 Å². The quantitative estimate of drug-likeness (QED) is 0.896. The molecule has 21 heavy (non-hydrogen) atoms. The van der Waals surface area contributed by atoms with Crippen LogP contribution in [0.1, 0.15) is 23.2 Å². The molecule has 1 unspecified atom stereocenters. The summed E-state index contributed by atoms with van der Waals surface area (Å²) in [6.45, 7) is 2.84. The molecule has 0 spiro atoms. The first-order valence-corrected chi connectivity index (χ1v) is 7.40. The number of benzene rings is 1. The van der Waals surface area contributed by atoms with E-state index in [2.05, 4.69) is 15.6 Å². The number of nitrogens with one attached hydrogen (secondary N) is 2. The maximum atomic E-state index is 12.1. The molecule has 5 heteroatoms. The largest absolute Gasteiger partial charge is 0.352 e. The Balaban J connectivity index is 1.57. The van der Waals surface area contributed by atoms with Crippen molar-refractivity contribution in [2.45, 2.75) is 12.8 Å². The number of aromatic nitrogens is 2. The lowest BCUT2D eigenvalue weighted by atomic mass is 9.99. The van der Waals surface area contributed by atoms with Crippen molar-refractivity contribution in [2.75, 3.05) is 19.6 Å². The van der Waals surface area contributed by atoms with Gasteiger partial charge in [-0.25, -0.2) is 4.98 Å². The van der Waals surface area contributed by atoms with Gasteiger partial charge in [0.1, 0.15) is 0 Å². The van der Waals surface area contributed by atoms with Crippen molar-refractivity contribution in [3.05, 3.63) is 48.5 Å². The van der Waals surface area contributed by atoms with Crippen LogP contribution in [0.4, 0.5) is 0 Å². The van der Waals surface area contributed by atoms with E-state index in [1.54, 1.807) is 12.5 Å². The lowest BCUT2D eigenvalue weighted by Gasteiger charge is -2.22. The molecule has 110 valence electrons. The van der Waals surface area contributed by atoms with Gasteiger partial charge in [-0.3, -0.25) is 4.79 Å². The molecule has 0 aliphatic carbocycles. The molecule has 0 radical (unpaired) electrons. The van der Waals surface area contributed by atoms with E-state index in [4.69, 9.17) is 0 Å². The van der Waals surface area contributed by atoms with Gasteiger partial charge in [-0.2, -0.15) is 0 Å². The molecule has 1 aromatic heterocycles. The number of hydrogen-bond acceptors (Lipinski definition) is 3. The van der Waals surface area contributed by atoms with E-state index in [1.807, 2.05) is 35.0 Å². The van der Waals surface area contributed by atoms with Gasteiger partial charge < -0.3 is 15.2 Å². The minimum Gasteiger partial charge on any atom is -0.352 e. The van der Waals surface area contributed by atoms with Crippen LogP contribution in [0.25, 0.3) is 5.69 Å². The van der Waals surface area contributed by atoms with E-state index in [-0.39, 0.29) is 5.91 Å². The molecule has 2 aromatic rings. The fourth-order valence-electron chi connectivity index (χ4n) is 2.63. The number of carbonyl (C=O) groups excluding carboxylic acids is 1. The Morgan fingerprint density at radius 2 is 2.24 bits per heavy atom. The lowest BCUT2D eigenvalue weighted by molar-refractivity contribution is 0.0945. The van der Waals surface area contributed by atoms with E-state index >= 15 is 0 Å². The van der Waals surface area contributed by atoms with Gasteiger partial charge in [-0.1, -0.05) is 0 Å². The van der Waals surface area contributed by atoms with Crippen molar-refractivity contribution in [1.82, 2.24) is 20.2 Å². The maximum Gasteiger partial charge on any atom is 0.251 e. The Kier molecular flexibility index (Phi) is 4.31. The summed E-state index contributed by atoms with van der Waals surface area (Å²) < 4.78 is 1.91. The predicted molar refractivity (Wildman–Crippen MR) is 81.5 cm³/mol. The summed E-state index contributed by atoms with van der Waals surface area (Å²) in [5, 5.41) is 6.39. The first-order valence-electron chi connectivity index (χ1n) is 7.40. The third kappa shape index (κ3) is 3.49. The van der Waals surface area contributed by atoms with Gasteiger partial charge in [0.15, 0.2) is 0 Å². The number of amides is 1. The summed E-state index contributed by atoms with van der Waals surface area (Å²) >= 11 is 0. The Bertz CT molecular complexity index is 571. The molecule has 1 aliphatic rings. The minimum atomic E-state index is -0.00208. The summed E-state index contributed by atoms with van der Waals surface area (Å²) in [5.41, 5.74) is 1.70. The van der Waals surface area contributed by atoms with Crippen molar-refractivity contribution in [3.63, 3.8) is 0 Å². The molecule has 1 aromatic carbocycles. The van der Waals surface area contributed by atoms with Crippen molar-refractivity contribution in [2.24, 2.45) is 5.92 Å². The molecule has 0 bridgehead atoms. The van der Waals surface area contributed by atoms with Gasteiger partial charge in [0.2, 0.25) is 0 Å². The normalized spacial score (nSPS) is 18.4. The fraction of sp³-hybridized carbons (Fsp3) is 0.375. The van der Waals surface area contributed by atoms with Crippen LogP contribution in [-0.2, 0) is 0 Å². The molecule has 1 saturated heterocycles. The smallest absolute Gasteiger partial charge is 0.251 e. The monoisotopic (exact) mass is 284 g/mol. The van der Waals surface area contributed by atoms with Crippen LogP contribution in [0.2, 0.25) is 0 Å². The van der Waals surface area contributed by atoms with E-state index in [1.165, 1.54) is 12.8 Å². The predicted octanol–water partition coefficient (Wildman–Crippen LogP) is 1.60. The first kappa shape index (κ1) is 13.8. The van der Waals surface area contributed by atoms with Gasteiger partial charge in [-0.05, 0) is 56.1 Å². The van der Waals surface area contributed by atoms with Crippen molar-refractivity contribution >= 4 is 5.91 Å². The van der Waals surface area contributed by atoms with Crippen LogP contribution < -0.4 is 10.6 Å². The number of nitrogens with zero attached hydrogens (tertiary/aromatic N) is 2. The fourth-order valence-corrected chi connectivity index (χ4v) is 2.63. The number of carbonyl (C=O) groups is 1. The topological polar surface area (TPSA) is 59.0 Å². The van der Waals surface area contributed by atoms with Crippen LogP contribution >= 0.6 is 0 Å². The van der Waals surface area contributed by atoms with Gasteiger partial charge in [-0.15, -0.1) is 0 Å². The molecule has 5 nitrogen and oxygen atoms in total. The first-order chi connectivity index (χ1) is 10.3. The zero-order valence-electron chi connectivity index (χ0n) is 12.0. The van der Waals surface area contributed by atoms with E-state index in [0.717, 1.165) is 25.3 Å². The highest BCUT2D eigenvalue weighted by Gasteiger charge is 2.14. The molecule has 1 fully saturated rings. The van der Waals surface area contributed by atoms with Crippen LogP contribution in [-0.4, -0.2) is 35.1 Å². The van der Waals surface area contributed by atoms with Crippen LogP contribution in [0.3, 0.4) is 0 Å². The average Bonchev–Trinajstić information content (AvgIpc) is 3.08. The van der Waals surface area contributed by atoms with Crippen LogP contribution in [0.5, 0.6) is 0 Å². The molecule has 1 atom stereocenters. The van der Waals surface area contributed by atoms with Gasteiger partial charge in [0.05, 0.1) is 6.33 Å². The Morgan fingerprint density at radius 3 is 2.90 bits per heavy atom. The number of rotatable bonds is 4. The highest BCUT2D eigenvalue weighted by Crippen LogP contribution is 2.11. The summed E-state index contributed by atoms with van der Waals surface area (Å²) in [7, 11) is 0. The Labute approximate surface area is 124 Å². The Morgan fingerprint density at radius 1 is 1.38 bits per heavy atom. The molecule has 1 amide bonds. The van der Waals surface area contributed by atoms with Crippen molar-refractivity contribution < 1.29 is 4.79 Å². The third-order valence-corrected chi connectivity index (χ3v) is 3.88. The second-order valence-corrected chi connectivity index (χ2v) is 5.44. The zero-order valence-corrected chi connectivity index (χ0v) is 12.0. The van der Waals surface area contributed by atoms with E-state index in [9.17, 15) is 4.79 Å². The minimum absolute atomic E-state index is 0.00208. The Hall–Kier alpha value is -2.14. The molecule has 2 N–H and O–H groups in total. The molecule has 1 aliphatic heterocycles. The lowest BCUT2D eigenvalue weighted by Crippen LogP contribution is -2.38. The second kappa shape index (κ2) is 6.54. The van der Waals surface area contributed by atoms with Gasteiger partial charge in [0, 0.05) is 30.2 Å². The SMILES string of the molecule is O=C(NCC1CCCNC1)c1ccc(-n2ccnc2)cc1. The van der Waals surface area contributed by atoms with Gasteiger partial charge >= 0.3 is 0 Å². The van der Waals surface area contributed by atoms with E-state index < -0.39 is 0 Å². The number of hydrogen-bond donors (Lipinski definition) is 2. The molecule has 3 rings (SSSR count).